The lowest BCUT2D eigenvalue weighted by Gasteiger charge is -2.24. The van der Waals surface area contributed by atoms with Crippen molar-refractivity contribution in [2.45, 2.75) is 59.3 Å². The molecule has 0 radical (unpaired) electrons. The zero-order chi connectivity index (χ0) is 42.5. The summed E-state index contributed by atoms with van der Waals surface area (Å²) in [5.41, 5.74) is 15.5. The lowest BCUT2D eigenvalue weighted by Crippen LogP contribution is -2.24. The van der Waals surface area contributed by atoms with E-state index in [0.29, 0.717) is 18.5 Å². The SMILES string of the molecule is CC(C)c1cc(C(C)C)cc(N2CN(c3cccc(Oc4cc(C(C)C)c5c6ccccc6n(-c6cc(-c7ccccc7-c7ccccc7)ccn6)c5c4)c3)c3ccccc32)c1. The molecule has 10 rings (SSSR count). The highest BCUT2D eigenvalue weighted by atomic mass is 16.5. The van der Waals surface area contributed by atoms with Crippen molar-refractivity contribution in [2.75, 3.05) is 16.5 Å². The van der Waals surface area contributed by atoms with Gasteiger partial charge < -0.3 is 14.5 Å². The summed E-state index contributed by atoms with van der Waals surface area (Å²) < 4.78 is 9.24. The van der Waals surface area contributed by atoms with E-state index in [-0.39, 0.29) is 5.92 Å². The van der Waals surface area contributed by atoms with Crippen LogP contribution in [0.2, 0.25) is 0 Å². The van der Waals surface area contributed by atoms with Crippen LogP contribution in [0.5, 0.6) is 11.5 Å². The summed E-state index contributed by atoms with van der Waals surface area (Å²) in [6.45, 7) is 14.4. The second-order valence-electron chi connectivity index (χ2n) is 17.5. The molecule has 62 heavy (non-hydrogen) atoms. The van der Waals surface area contributed by atoms with E-state index in [1.807, 2.05) is 6.20 Å². The second-order valence-corrected chi connectivity index (χ2v) is 17.5. The number of para-hydroxylation sites is 3. The van der Waals surface area contributed by atoms with Crippen LogP contribution in [-0.2, 0) is 0 Å². The summed E-state index contributed by atoms with van der Waals surface area (Å²) in [6.07, 6.45) is 1.93. The molecule has 0 amide bonds. The monoisotopic (exact) mass is 808 g/mol. The van der Waals surface area contributed by atoms with E-state index in [0.717, 1.165) is 39.6 Å². The van der Waals surface area contributed by atoms with Crippen molar-refractivity contribution in [2.24, 2.45) is 0 Å². The fraction of sp³-hybridized carbons (Fsp3) is 0.175. The maximum Gasteiger partial charge on any atom is 0.138 e. The Hall–Kier alpha value is -7.11. The van der Waals surface area contributed by atoms with E-state index in [2.05, 4.69) is 226 Å². The van der Waals surface area contributed by atoms with Gasteiger partial charge in [-0.15, -0.1) is 0 Å². The van der Waals surface area contributed by atoms with Gasteiger partial charge in [-0.1, -0.05) is 139 Å². The number of pyridine rings is 1. The molecule has 0 fully saturated rings. The molecule has 0 aliphatic carbocycles. The molecule has 5 heteroatoms. The number of anilines is 4. The Labute approximate surface area is 365 Å². The largest absolute Gasteiger partial charge is 0.457 e. The maximum atomic E-state index is 6.93. The van der Waals surface area contributed by atoms with Crippen LogP contribution in [0.15, 0.2) is 176 Å². The third kappa shape index (κ3) is 7.07. The Bertz CT molecular complexity index is 3060. The fourth-order valence-electron chi connectivity index (χ4n) is 9.16. The number of aromatic nitrogens is 2. The predicted octanol–water partition coefficient (Wildman–Crippen LogP) is 15.9. The first-order chi connectivity index (χ1) is 30.2. The number of nitrogens with zero attached hydrogens (tertiary/aromatic N) is 4. The van der Waals surface area contributed by atoms with Crippen LogP contribution < -0.4 is 14.5 Å². The lowest BCUT2D eigenvalue weighted by molar-refractivity contribution is 0.482. The van der Waals surface area contributed by atoms with Gasteiger partial charge in [-0.25, -0.2) is 4.98 Å². The van der Waals surface area contributed by atoms with Gasteiger partial charge in [-0.05, 0) is 117 Å². The lowest BCUT2D eigenvalue weighted by atomic mass is 9.94. The zero-order valence-corrected chi connectivity index (χ0v) is 36.4. The summed E-state index contributed by atoms with van der Waals surface area (Å²) in [5, 5.41) is 2.43. The molecule has 0 unspecified atom stereocenters. The molecule has 0 spiro atoms. The molecule has 0 N–H and O–H groups in total. The number of hydrogen-bond acceptors (Lipinski definition) is 4. The van der Waals surface area contributed by atoms with Crippen molar-refractivity contribution < 1.29 is 4.74 Å². The van der Waals surface area contributed by atoms with Crippen LogP contribution >= 0.6 is 0 Å². The van der Waals surface area contributed by atoms with Gasteiger partial charge >= 0.3 is 0 Å². The molecule has 9 aromatic rings. The first-order valence-corrected chi connectivity index (χ1v) is 22.0. The topological polar surface area (TPSA) is 33.5 Å². The standard InChI is InChI=1S/C57H52N4O/c1-37(2)42-29-43(38(3)4)31-45(30-42)60-36-59(53-25-14-15-26-54(53)60)44-19-16-20-46(33-44)62-47-34-51(39(5)6)57-50-23-12-13-24-52(50)61(55(57)35-47)56-32-41(27-28-58-56)49-22-11-10-21-48(49)40-17-8-7-9-18-40/h7-35,37-39H,36H2,1-6H3. The molecule has 2 aromatic heterocycles. The smallest absolute Gasteiger partial charge is 0.138 e. The van der Waals surface area contributed by atoms with Gasteiger partial charge in [-0.2, -0.15) is 0 Å². The molecular weight excluding hydrogens is 757 g/mol. The van der Waals surface area contributed by atoms with Gasteiger partial charge in [-0.3, -0.25) is 4.57 Å². The number of fused-ring (bicyclic) bond motifs is 4. The first kappa shape index (κ1) is 39.1. The molecule has 0 bridgehead atoms. The summed E-state index contributed by atoms with van der Waals surface area (Å²) >= 11 is 0. The van der Waals surface area contributed by atoms with E-state index in [1.165, 1.54) is 61.2 Å². The van der Waals surface area contributed by atoms with Crippen LogP contribution in [0.3, 0.4) is 0 Å². The highest BCUT2D eigenvalue weighted by molar-refractivity contribution is 6.11. The fourth-order valence-corrected chi connectivity index (χ4v) is 9.16. The molecule has 7 aromatic carbocycles. The predicted molar refractivity (Wildman–Crippen MR) is 260 cm³/mol. The van der Waals surface area contributed by atoms with Crippen molar-refractivity contribution in [3.8, 4) is 39.6 Å². The number of benzene rings is 7. The minimum absolute atomic E-state index is 0.251. The molecule has 5 nitrogen and oxygen atoms in total. The van der Waals surface area contributed by atoms with Gasteiger partial charge in [0.2, 0.25) is 0 Å². The van der Waals surface area contributed by atoms with Gasteiger partial charge in [0, 0.05) is 40.5 Å². The minimum Gasteiger partial charge on any atom is -0.457 e. The van der Waals surface area contributed by atoms with Gasteiger partial charge in [0.05, 0.1) is 22.4 Å². The first-order valence-electron chi connectivity index (χ1n) is 22.0. The van der Waals surface area contributed by atoms with E-state index in [4.69, 9.17) is 9.72 Å². The Morgan fingerprint density at radius 1 is 0.484 bits per heavy atom. The van der Waals surface area contributed by atoms with E-state index < -0.39 is 0 Å². The Morgan fingerprint density at radius 3 is 1.84 bits per heavy atom. The van der Waals surface area contributed by atoms with Gasteiger partial charge in [0.15, 0.2) is 0 Å². The van der Waals surface area contributed by atoms with Crippen LogP contribution in [-0.4, -0.2) is 16.2 Å². The quantitative estimate of drug-likeness (QED) is 0.138. The van der Waals surface area contributed by atoms with E-state index >= 15 is 0 Å². The van der Waals surface area contributed by atoms with Crippen molar-refractivity contribution in [1.82, 2.24) is 9.55 Å². The third-order valence-corrected chi connectivity index (χ3v) is 12.4. The summed E-state index contributed by atoms with van der Waals surface area (Å²) in [7, 11) is 0. The van der Waals surface area contributed by atoms with Crippen molar-refractivity contribution in [3.63, 3.8) is 0 Å². The highest BCUT2D eigenvalue weighted by Gasteiger charge is 2.29. The number of rotatable bonds is 10. The average Bonchev–Trinajstić information content (AvgIpc) is 3.85. The van der Waals surface area contributed by atoms with Gasteiger partial charge in [0.1, 0.15) is 24.0 Å². The van der Waals surface area contributed by atoms with Crippen molar-refractivity contribution in [1.29, 1.82) is 0 Å². The van der Waals surface area contributed by atoms with E-state index in [9.17, 15) is 0 Å². The molecule has 0 saturated heterocycles. The summed E-state index contributed by atoms with van der Waals surface area (Å²) in [6, 6.07) is 61.1. The normalized spacial score (nSPS) is 12.7. The van der Waals surface area contributed by atoms with Crippen LogP contribution in [0.1, 0.15) is 76.0 Å². The minimum atomic E-state index is 0.251. The highest BCUT2D eigenvalue weighted by Crippen LogP contribution is 2.47. The molecule has 3 heterocycles. The molecular formula is C57H52N4O. The summed E-state index contributed by atoms with van der Waals surface area (Å²) in [4.78, 5) is 9.89. The molecule has 306 valence electrons. The van der Waals surface area contributed by atoms with E-state index in [1.54, 1.807) is 0 Å². The summed E-state index contributed by atoms with van der Waals surface area (Å²) in [5.74, 6) is 3.58. The van der Waals surface area contributed by atoms with Gasteiger partial charge in [0.25, 0.3) is 0 Å². The molecule has 1 aliphatic heterocycles. The van der Waals surface area contributed by atoms with Crippen LogP contribution in [0.25, 0.3) is 49.9 Å². The molecule has 0 atom stereocenters. The van der Waals surface area contributed by atoms with Crippen LogP contribution in [0.4, 0.5) is 22.7 Å². The average molecular weight is 809 g/mol. The number of ether oxygens (including phenoxy) is 1. The molecule has 0 saturated carbocycles. The Kier molecular flexibility index (Phi) is 10.1. The Balaban J connectivity index is 1.04. The number of hydrogen-bond donors (Lipinski definition) is 0. The van der Waals surface area contributed by atoms with Crippen LogP contribution in [0, 0.1) is 0 Å². The van der Waals surface area contributed by atoms with Crippen molar-refractivity contribution in [3.05, 3.63) is 193 Å². The van der Waals surface area contributed by atoms with Crippen molar-refractivity contribution >= 4 is 44.6 Å². The second kappa shape index (κ2) is 16.1. The third-order valence-electron chi connectivity index (χ3n) is 12.4. The molecule has 1 aliphatic rings. The Morgan fingerprint density at radius 2 is 1.13 bits per heavy atom. The zero-order valence-electron chi connectivity index (χ0n) is 36.4. The maximum absolute atomic E-state index is 6.93.